The molecular formula is C21H32N4O2. The molecule has 6 heteroatoms. The second kappa shape index (κ2) is 8.85. The first-order chi connectivity index (χ1) is 13.0. The number of carbonyl (C=O) groups excluding carboxylic acids is 2. The largest absolute Gasteiger partial charge is 0.353 e. The van der Waals surface area contributed by atoms with Crippen molar-refractivity contribution in [3.05, 3.63) is 29.8 Å². The molecule has 0 spiro atoms. The van der Waals surface area contributed by atoms with Crippen molar-refractivity contribution >= 4 is 17.5 Å². The highest BCUT2D eigenvalue weighted by molar-refractivity contribution is 5.98. The summed E-state index contributed by atoms with van der Waals surface area (Å²) in [6.07, 6.45) is 1.88. The topological polar surface area (TPSA) is 55.9 Å². The third-order valence-corrected chi connectivity index (χ3v) is 5.85. The molecule has 0 aromatic heterocycles. The maximum absolute atomic E-state index is 13.0. The van der Waals surface area contributed by atoms with Gasteiger partial charge in [-0.25, -0.2) is 0 Å². The molecule has 0 aliphatic carbocycles. The maximum atomic E-state index is 13.0. The minimum atomic E-state index is -0.132. The summed E-state index contributed by atoms with van der Waals surface area (Å²) in [5.74, 6) is 0.276. The van der Waals surface area contributed by atoms with E-state index in [0.29, 0.717) is 6.54 Å². The van der Waals surface area contributed by atoms with Gasteiger partial charge in [0, 0.05) is 44.5 Å². The number of carbonyl (C=O) groups is 2. The fraction of sp³-hybridized carbons (Fsp3) is 0.619. The number of nitrogens with zero attached hydrogens (tertiary/aromatic N) is 3. The summed E-state index contributed by atoms with van der Waals surface area (Å²) in [5.41, 5.74) is 2.32. The van der Waals surface area contributed by atoms with Crippen LogP contribution in [-0.2, 0) is 16.0 Å². The second-order valence-corrected chi connectivity index (χ2v) is 7.73. The Hall–Kier alpha value is -1.92. The summed E-state index contributed by atoms with van der Waals surface area (Å²) in [6, 6.07) is 8.27. The highest BCUT2D eigenvalue weighted by Gasteiger charge is 2.32. The molecule has 2 amide bonds. The first-order valence-corrected chi connectivity index (χ1v) is 10.1. The Labute approximate surface area is 162 Å². The molecule has 2 aliphatic heterocycles. The summed E-state index contributed by atoms with van der Waals surface area (Å²) in [7, 11) is 0. The van der Waals surface area contributed by atoms with E-state index in [1.165, 1.54) is 5.56 Å². The Morgan fingerprint density at radius 2 is 1.78 bits per heavy atom. The Bertz CT molecular complexity index is 670. The van der Waals surface area contributed by atoms with Crippen molar-refractivity contribution in [3.63, 3.8) is 0 Å². The predicted molar refractivity (Wildman–Crippen MR) is 108 cm³/mol. The molecule has 2 unspecified atom stereocenters. The van der Waals surface area contributed by atoms with E-state index in [1.807, 2.05) is 36.9 Å². The van der Waals surface area contributed by atoms with Gasteiger partial charge in [-0.1, -0.05) is 25.1 Å². The van der Waals surface area contributed by atoms with E-state index < -0.39 is 0 Å². The molecule has 27 heavy (non-hydrogen) atoms. The van der Waals surface area contributed by atoms with Crippen LogP contribution < -0.4 is 10.2 Å². The van der Waals surface area contributed by atoms with Crippen molar-refractivity contribution in [1.82, 2.24) is 15.1 Å². The summed E-state index contributed by atoms with van der Waals surface area (Å²) < 4.78 is 0. The molecule has 1 aromatic rings. The van der Waals surface area contributed by atoms with Crippen molar-refractivity contribution < 1.29 is 9.59 Å². The Kier molecular flexibility index (Phi) is 6.50. The maximum Gasteiger partial charge on any atom is 0.244 e. The molecule has 3 rings (SSSR count). The number of benzene rings is 1. The minimum absolute atomic E-state index is 0.0931. The lowest BCUT2D eigenvalue weighted by Crippen LogP contribution is -2.55. The lowest BCUT2D eigenvalue weighted by molar-refractivity contribution is -0.126. The highest BCUT2D eigenvalue weighted by Crippen LogP contribution is 2.28. The molecule has 1 N–H and O–H groups in total. The number of amides is 2. The van der Waals surface area contributed by atoms with Gasteiger partial charge in [0.15, 0.2) is 0 Å². The second-order valence-electron chi connectivity index (χ2n) is 7.73. The van der Waals surface area contributed by atoms with Gasteiger partial charge in [-0.05, 0) is 38.3 Å². The summed E-state index contributed by atoms with van der Waals surface area (Å²) in [6.45, 7) is 10.6. The molecule has 0 radical (unpaired) electrons. The number of nitrogens with one attached hydrogen (secondary N) is 1. The molecule has 1 saturated heterocycles. The van der Waals surface area contributed by atoms with Gasteiger partial charge in [0.1, 0.15) is 0 Å². The third kappa shape index (κ3) is 4.68. The standard InChI is InChI=1S/C21H32N4O2/c1-4-16(2)22-20(26)15-23-11-13-24(14-12-23)17(3)21(27)25-10-9-18-7-5-6-8-19(18)25/h5-8,16-17H,4,9-15H2,1-3H3,(H,22,26). The fourth-order valence-corrected chi connectivity index (χ4v) is 3.88. The van der Waals surface area contributed by atoms with Crippen molar-refractivity contribution in [3.8, 4) is 0 Å². The van der Waals surface area contributed by atoms with Gasteiger partial charge in [-0.3, -0.25) is 19.4 Å². The van der Waals surface area contributed by atoms with Gasteiger partial charge in [0.2, 0.25) is 11.8 Å². The number of hydrogen-bond acceptors (Lipinski definition) is 4. The lowest BCUT2D eigenvalue weighted by Gasteiger charge is -2.38. The zero-order valence-electron chi connectivity index (χ0n) is 16.8. The van der Waals surface area contributed by atoms with Crippen molar-refractivity contribution in [1.29, 1.82) is 0 Å². The summed E-state index contributed by atoms with van der Waals surface area (Å²) in [4.78, 5) is 31.5. The molecule has 1 fully saturated rings. The van der Waals surface area contributed by atoms with Crippen LogP contribution >= 0.6 is 0 Å². The zero-order valence-corrected chi connectivity index (χ0v) is 16.8. The van der Waals surface area contributed by atoms with Gasteiger partial charge >= 0.3 is 0 Å². The van der Waals surface area contributed by atoms with Crippen LogP contribution in [0.25, 0.3) is 0 Å². The van der Waals surface area contributed by atoms with Crippen molar-refractivity contribution in [2.75, 3.05) is 44.2 Å². The number of rotatable bonds is 6. The Balaban J connectivity index is 1.49. The van der Waals surface area contributed by atoms with Crippen molar-refractivity contribution in [2.24, 2.45) is 0 Å². The molecule has 2 atom stereocenters. The predicted octanol–water partition coefficient (Wildman–Crippen LogP) is 1.50. The van der Waals surface area contributed by atoms with E-state index in [0.717, 1.165) is 51.3 Å². The highest BCUT2D eigenvalue weighted by atomic mass is 16.2. The van der Waals surface area contributed by atoms with Gasteiger partial charge in [0.25, 0.3) is 0 Å². The number of anilines is 1. The van der Waals surface area contributed by atoms with E-state index in [4.69, 9.17) is 0 Å². The normalized spacial score (nSPS) is 20.2. The first-order valence-electron chi connectivity index (χ1n) is 10.1. The van der Waals surface area contributed by atoms with Crippen LogP contribution in [-0.4, -0.2) is 73.0 Å². The SMILES string of the molecule is CCC(C)NC(=O)CN1CCN(C(C)C(=O)N2CCc3ccccc32)CC1. The number of piperazine rings is 1. The number of hydrogen-bond donors (Lipinski definition) is 1. The zero-order chi connectivity index (χ0) is 19.4. The van der Waals surface area contributed by atoms with E-state index in [2.05, 4.69) is 28.1 Å². The molecule has 6 nitrogen and oxygen atoms in total. The molecule has 0 saturated carbocycles. The van der Waals surface area contributed by atoms with E-state index >= 15 is 0 Å². The van der Waals surface area contributed by atoms with E-state index in [9.17, 15) is 9.59 Å². The van der Waals surface area contributed by atoms with Gasteiger partial charge < -0.3 is 10.2 Å². The minimum Gasteiger partial charge on any atom is -0.353 e. The molecule has 148 valence electrons. The molecule has 1 aromatic carbocycles. The van der Waals surface area contributed by atoms with Crippen molar-refractivity contribution in [2.45, 2.75) is 45.7 Å². The molecule has 2 aliphatic rings. The Morgan fingerprint density at radius 3 is 2.48 bits per heavy atom. The van der Waals surface area contributed by atoms with Crippen LogP contribution in [0.15, 0.2) is 24.3 Å². The van der Waals surface area contributed by atoms with Gasteiger partial charge in [0.05, 0.1) is 12.6 Å². The number of para-hydroxylation sites is 1. The van der Waals surface area contributed by atoms with Gasteiger partial charge in [-0.2, -0.15) is 0 Å². The summed E-state index contributed by atoms with van der Waals surface area (Å²) in [5, 5.41) is 3.02. The number of fused-ring (bicyclic) bond motifs is 1. The smallest absolute Gasteiger partial charge is 0.244 e. The van der Waals surface area contributed by atoms with Crippen LogP contribution in [0.4, 0.5) is 5.69 Å². The Morgan fingerprint density at radius 1 is 1.07 bits per heavy atom. The average molecular weight is 373 g/mol. The first kappa shape index (κ1) is 19.8. The van der Waals surface area contributed by atoms with Crippen LogP contribution in [0.2, 0.25) is 0 Å². The van der Waals surface area contributed by atoms with Crippen LogP contribution in [0.1, 0.15) is 32.8 Å². The van der Waals surface area contributed by atoms with Crippen LogP contribution in [0, 0.1) is 0 Å². The monoisotopic (exact) mass is 372 g/mol. The van der Waals surface area contributed by atoms with Crippen LogP contribution in [0.3, 0.4) is 0 Å². The van der Waals surface area contributed by atoms with Crippen LogP contribution in [0.5, 0.6) is 0 Å². The quantitative estimate of drug-likeness (QED) is 0.822. The van der Waals surface area contributed by atoms with Gasteiger partial charge in [-0.15, -0.1) is 0 Å². The summed E-state index contributed by atoms with van der Waals surface area (Å²) >= 11 is 0. The molecular weight excluding hydrogens is 340 g/mol. The molecule has 2 heterocycles. The van der Waals surface area contributed by atoms with E-state index in [-0.39, 0.29) is 23.9 Å². The fourth-order valence-electron chi connectivity index (χ4n) is 3.88. The molecule has 0 bridgehead atoms. The third-order valence-electron chi connectivity index (χ3n) is 5.85. The average Bonchev–Trinajstić information content (AvgIpc) is 3.11. The van der Waals surface area contributed by atoms with E-state index in [1.54, 1.807) is 0 Å². The lowest BCUT2D eigenvalue weighted by atomic mass is 10.1.